The van der Waals surface area contributed by atoms with Gasteiger partial charge in [-0.3, -0.25) is 24.7 Å². The first-order chi connectivity index (χ1) is 20.6. The van der Waals surface area contributed by atoms with E-state index in [9.17, 15) is 24.5 Å². The number of carbonyl (C=O) groups is 3. The standard InChI is InChI=1S/C29H29ClF3N3O7Si/c1-15(2)28(3,4)44-43-13-20-26(31)17(9-10-34-20)23(37)14-42-27(39)22-7-8-24-29(32,33)19(12-25(38)35(22)24)18-11-16(30)5-6-21(18)36(40)41/h5-6,9-12,15,22,24H,7-8,13-14H2,1-4H3/t22-,24-/m0/s1. The summed E-state index contributed by atoms with van der Waals surface area (Å²) in [6.45, 7) is 7.02. The Labute approximate surface area is 258 Å². The number of ether oxygens (including phenoxy) is 1. The molecule has 1 saturated heterocycles. The number of carbonyl (C=O) groups excluding carboxylic acids is 3. The van der Waals surface area contributed by atoms with Gasteiger partial charge in [-0.15, -0.1) is 0 Å². The van der Waals surface area contributed by atoms with Crippen molar-refractivity contribution in [3.63, 3.8) is 0 Å². The molecule has 10 nitrogen and oxygen atoms in total. The highest BCUT2D eigenvalue weighted by molar-refractivity contribution is 6.32. The van der Waals surface area contributed by atoms with E-state index in [1.165, 1.54) is 12.3 Å². The number of hydrogen-bond donors (Lipinski definition) is 0. The number of aromatic nitrogens is 1. The maximum atomic E-state index is 15.7. The zero-order valence-electron chi connectivity index (χ0n) is 24.2. The molecular formula is C29H29ClF3N3O7Si. The van der Waals surface area contributed by atoms with Crippen molar-refractivity contribution in [3.8, 4) is 0 Å². The lowest BCUT2D eigenvalue weighted by Crippen LogP contribution is -2.55. The fourth-order valence-electron chi connectivity index (χ4n) is 4.84. The molecule has 4 rings (SSSR count). The Morgan fingerprint density at radius 3 is 2.64 bits per heavy atom. The van der Waals surface area contributed by atoms with E-state index in [1.54, 1.807) is 0 Å². The van der Waals surface area contributed by atoms with Gasteiger partial charge < -0.3 is 14.1 Å². The summed E-state index contributed by atoms with van der Waals surface area (Å²) in [6.07, 6.45) is 1.23. The number of alkyl halides is 2. The summed E-state index contributed by atoms with van der Waals surface area (Å²) >= 11 is 5.91. The van der Waals surface area contributed by atoms with Crippen molar-refractivity contribution in [1.82, 2.24) is 9.88 Å². The van der Waals surface area contributed by atoms with Gasteiger partial charge in [-0.2, -0.15) is 8.78 Å². The van der Waals surface area contributed by atoms with E-state index in [0.717, 1.165) is 18.2 Å². The minimum Gasteiger partial charge on any atom is -0.456 e. The molecule has 0 aliphatic carbocycles. The Kier molecular flexibility index (Phi) is 9.66. The summed E-state index contributed by atoms with van der Waals surface area (Å²) < 4.78 is 57.2. The van der Waals surface area contributed by atoms with Crippen LogP contribution in [0.3, 0.4) is 0 Å². The van der Waals surface area contributed by atoms with Gasteiger partial charge in [0.2, 0.25) is 21.5 Å². The van der Waals surface area contributed by atoms with Gasteiger partial charge in [0.05, 0.1) is 22.7 Å². The van der Waals surface area contributed by atoms with Gasteiger partial charge in [0, 0.05) is 28.9 Å². The first-order valence-electron chi connectivity index (χ1n) is 13.6. The topological polar surface area (TPSA) is 129 Å². The third kappa shape index (κ3) is 6.56. The third-order valence-corrected chi connectivity index (χ3v) is 9.62. The predicted octanol–water partition coefficient (Wildman–Crippen LogP) is 5.59. The average Bonchev–Trinajstić information content (AvgIpc) is 3.41. The average molecular weight is 652 g/mol. The molecule has 15 heteroatoms. The first kappa shape index (κ1) is 33.3. The van der Waals surface area contributed by atoms with Crippen LogP contribution in [0.5, 0.6) is 0 Å². The smallest absolute Gasteiger partial charge is 0.329 e. The molecule has 0 N–H and O–H groups in total. The van der Waals surface area contributed by atoms with Crippen molar-refractivity contribution in [3.05, 3.63) is 74.3 Å². The number of benzene rings is 1. The molecule has 2 aliphatic heterocycles. The van der Waals surface area contributed by atoms with Crippen LogP contribution in [0.4, 0.5) is 18.9 Å². The van der Waals surface area contributed by atoms with Gasteiger partial charge in [-0.05, 0) is 42.0 Å². The number of halogens is 4. The van der Waals surface area contributed by atoms with E-state index in [4.69, 9.17) is 20.8 Å². The third-order valence-electron chi connectivity index (χ3n) is 8.00. The summed E-state index contributed by atoms with van der Waals surface area (Å²) in [7, 11) is 0.0468. The summed E-state index contributed by atoms with van der Waals surface area (Å²) in [5, 5.41) is 11.3. The normalized spacial score (nSPS) is 19.5. The summed E-state index contributed by atoms with van der Waals surface area (Å²) in [4.78, 5) is 53.9. The lowest BCUT2D eigenvalue weighted by Gasteiger charge is -2.38. The second kappa shape index (κ2) is 12.8. The molecule has 3 heterocycles. The molecule has 1 fully saturated rings. The summed E-state index contributed by atoms with van der Waals surface area (Å²) in [5.74, 6) is -7.40. The Bertz CT molecular complexity index is 1540. The highest BCUT2D eigenvalue weighted by atomic mass is 35.5. The molecule has 2 aliphatic rings. The number of amides is 1. The molecule has 234 valence electrons. The molecule has 0 bridgehead atoms. The monoisotopic (exact) mass is 651 g/mol. The van der Waals surface area contributed by atoms with E-state index in [2.05, 4.69) is 4.98 Å². The van der Waals surface area contributed by atoms with E-state index in [1.807, 2.05) is 27.7 Å². The van der Waals surface area contributed by atoms with Gasteiger partial charge in [0.1, 0.15) is 17.8 Å². The zero-order valence-corrected chi connectivity index (χ0v) is 26.0. The lowest BCUT2D eigenvalue weighted by molar-refractivity contribution is -0.385. The molecule has 44 heavy (non-hydrogen) atoms. The molecule has 1 aromatic heterocycles. The van der Waals surface area contributed by atoms with Crippen LogP contribution in [0.2, 0.25) is 10.1 Å². The summed E-state index contributed by atoms with van der Waals surface area (Å²) in [6, 6.07) is 0.989. The van der Waals surface area contributed by atoms with Gasteiger partial charge in [-0.1, -0.05) is 39.3 Å². The van der Waals surface area contributed by atoms with E-state index in [0.29, 0.717) is 16.9 Å². The van der Waals surface area contributed by atoms with Crippen LogP contribution in [-0.2, 0) is 25.4 Å². The zero-order chi connectivity index (χ0) is 32.6. The minimum atomic E-state index is -3.78. The van der Waals surface area contributed by atoms with Crippen molar-refractivity contribution in [2.45, 2.75) is 70.2 Å². The molecule has 0 unspecified atom stereocenters. The van der Waals surface area contributed by atoms with Crippen LogP contribution in [-0.4, -0.2) is 66.8 Å². The first-order valence-corrected chi connectivity index (χ1v) is 14.9. The van der Waals surface area contributed by atoms with Crippen LogP contribution in [0.1, 0.15) is 62.2 Å². The minimum absolute atomic E-state index is 0.0459. The van der Waals surface area contributed by atoms with Crippen molar-refractivity contribution in [2.24, 2.45) is 5.92 Å². The molecule has 2 aromatic rings. The molecule has 0 saturated carbocycles. The van der Waals surface area contributed by atoms with Crippen LogP contribution in [0.15, 0.2) is 36.5 Å². The molecular weight excluding hydrogens is 623 g/mol. The second-order valence-electron chi connectivity index (χ2n) is 11.4. The Morgan fingerprint density at radius 2 is 1.98 bits per heavy atom. The Balaban J connectivity index is 1.46. The predicted molar refractivity (Wildman–Crippen MR) is 154 cm³/mol. The Morgan fingerprint density at radius 1 is 1.27 bits per heavy atom. The SMILES string of the molecule is CC(C)C(C)(C)[Si]OCc1nccc(C(=O)COC(=O)[C@@H]2CC[C@@H]3N2C(=O)C=C(c2cc(Cl)ccc2[N+](=O)[O-])C3(F)F)c1F. The van der Waals surface area contributed by atoms with Gasteiger partial charge in [0.25, 0.3) is 11.6 Å². The number of fused-ring (bicyclic) bond motifs is 1. The number of ketones is 1. The number of rotatable bonds is 11. The van der Waals surface area contributed by atoms with Crippen molar-refractivity contribution in [1.29, 1.82) is 0 Å². The number of nitro benzene ring substituents is 1. The van der Waals surface area contributed by atoms with Gasteiger partial charge >= 0.3 is 5.97 Å². The van der Waals surface area contributed by atoms with Crippen LogP contribution in [0, 0.1) is 21.8 Å². The number of pyridine rings is 1. The highest BCUT2D eigenvalue weighted by Gasteiger charge is 2.58. The fraction of sp³-hybridized carbons (Fsp3) is 0.448. The maximum Gasteiger partial charge on any atom is 0.329 e. The lowest BCUT2D eigenvalue weighted by atomic mass is 9.89. The second-order valence-corrected chi connectivity index (χ2v) is 13.6. The number of hydrogen-bond acceptors (Lipinski definition) is 8. The van der Waals surface area contributed by atoms with Crippen LogP contribution < -0.4 is 0 Å². The van der Waals surface area contributed by atoms with E-state index >= 15 is 13.2 Å². The molecule has 2 atom stereocenters. The van der Waals surface area contributed by atoms with Crippen LogP contribution in [0.25, 0.3) is 5.57 Å². The number of nitrogens with zero attached hydrogens (tertiary/aromatic N) is 3. The fourth-order valence-corrected chi connectivity index (χ4v) is 5.83. The highest BCUT2D eigenvalue weighted by Crippen LogP contribution is 2.48. The number of Topliss-reactive ketones (excluding diaryl/α,β-unsaturated/α-hetero) is 1. The quantitative estimate of drug-likeness (QED) is 0.101. The number of esters is 1. The Hall–Kier alpha value is -3.62. The van der Waals surface area contributed by atoms with Crippen molar-refractivity contribution >= 4 is 50.3 Å². The molecule has 2 radical (unpaired) electrons. The maximum absolute atomic E-state index is 15.7. The largest absolute Gasteiger partial charge is 0.456 e. The van der Waals surface area contributed by atoms with Crippen molar-refractivity contribution in [2.75, 3.05) is 6.61 Å². The van der Waals surface area contributed by atoms with E-state index in [-0.39, 0.29) is 45.0 Å². The van der Waals surface area contributed by atoms with Gasteiger partial charge in [0.15, 0.2) is 12.4 Å². The number of nitro groups is 1. The molecule has 1 aromatic carbocycles. The molecule has 0 spiro atoms. The van der Waals surface area contributed by atoms with Crippen molar-refractivity contribution < 1.29 is 41.6 Å². The van der Waals surface area contributed by atoms with Crippen LogP contribution >= 0.6 is 11.6 Å². The van der Waals surface area contributed by atoms with Gasteiger partial charge in [-0.25, -0.2) is 9.18 Å². The summed E-state index contributed by atoms with van der Waals surface area (Å²) in [5.41, 5.74) is -2.55. The molecule has 1 amide bonds. The van der Waals surface area contributed by atoms with E-state index < -0.39 is 75.4 Å².